The molecule has 4 rings (SSSR count). The van der Waals surface area contributed by atoms with E-state index in [1.807, 2.05) is 24.3 Å². The van der Waals surface area contributed by atoms with Gasteiger partial charge < -0.3 is 5.32 Å². The molecule has 10 heteroatoms. The quantitative estimate of drug-likeness (QED) is 0.477. The Balaban J connectivity index is 1.50. The maximum Gasteiger partial charge on any atom is 0.234 e. The van der Waals surface area contributed by atoms with Gasteiger partial charge in [-0.25, -0.2) is 0 Å². The predicted molar refractivity (Wildman–Crippen MR) is 110 cm³/mol. The fraction of sp³-hybridized carbons (Fsp3) is 0.0556. The summed E-state index contributed by atoms with van der Waals surface area (Å²) in [6.45, 7) is 0. The molecule has 1 aromatic carbocycles. The van der Waals surface area contributed by atoms with Gasteiger partial charge in [0.1, 0.15) is 0 Å². The molecule has 1 amide bonds. The van der Waals surface area contributed by atoms with Gasteiger partial charge in [0.15, 0.2) is 5.65 Å². The zero-order valence-corrected chi connectivity index (χ0v) is 16.5. The van der Waals surface area contributed by atoms with Gasteiger partial charge >= 0.3 is 0 Å². The molecule has 0 bridgehead atoms. The summed E-state index contributed by atoms with van der Waals surface area (Å²) in [6.07, 6.45) is 3.43. The van der Waals surface area contributed by atoms with Gasteiger partial charge in [-0.15, -0.1) is 10.2 Å². The monoisotopic (exact) mass is 430 g/mol. The van der Waals surface area contributed by atoms with E-state index in [-0.39, 0.29) is 11.7 Å². The molecule has 3 heterocycles. The Kier molecular flexibility index (Phi) is 5.43. The largest absolute Gasteiger partial charge is 0.324 e. The van der Waals surface area contributed by atoms with Crippen molar-refractivity contribution < 1.29 is 4.79 Å². The lowest BCUT2D eigenvalue weighted by Crippen LogP contribution is -2.14. The summed E-state index contributed by atoms with van der Waals surface area (Å²) in [6, 6.07) is 12.5. The van der Waals surface area contributed by atoms with Crippen LogP contribution < -0.4 is 5.32 Å². The summed E-state index contributed by atoms with van der Waals surface area (Å²) >= 11 is 13.3. The number of nitrogens with zero attached hydrogens (tertiary/aromatic N) is 5. The number of thioether (sulfide) groups is 1. The highest BCUT2D eigenvalue weighted by Crippen LogP contribution is 2.29. The van der Waals surface area contributed by atoms with E-state index in [0.717, 1.165) is 11.3 Å². The van der Waals surface area contributed by atoms with Crippen molar-refractivity contribution in [3.63, 3.8) is 0 Å². The first kappa shape index (κ1) is 18.7. The highest BCUT2D eigenvalue weighted by molar-refractivity contribution is 7.99. The second-order valence-electron chi connectivity index (χ2n) is 5.65. The molecule has 140 valence electrons. The maximum absolute atomic E-state index is 12.3. The Morgan fingerprint density at radius 2 is 2.00 bits per heavy atom. The Hall–Kier alpha value is -2.68. The van der Waals surface area contributed by atoms with Crippen LogP contribution in [0.1, 0.15) is 0 Å². The summed E-state index contributed by atoms with van der Waals surface area (Å²) in [5.74, 6) is -0.128. The number of amides is 1. The minimum atomic E-state index is -0.241. The van der Waals surface area contributed by atoms with E-state index in [2.05, 4.69) is 25.6 Å². The van der Waals surface area contributed by atoms with E-state index in [9.17, 15) is 4.79 Å². The maximum atomic E-state index is 12.3. The van der Waals surface area contributed by atoms with Gasteiger partial charge in [-0.05, 0) is 36.4 Å². The number of hydrogen-bond donors (Lipinski definition) is 1. The summed E-state index contributed by atoms with van der Waals surface area (Å²) in [7, 11) is 0. The van der Waals surface area contributed by atoms with Crippen LogP contribution in [0.2, 0.25) is 10.0 Å². The van der Waals surface area contributed by atoms with Crippen molar-refractivity contribution in [3.8, 4) is 11.3 Å². The van der Waals surface area contributed by atoms with Gasteiger partial charge in [0.25, 0.3) is 0 Å². The Morgan fingerprint density at radius 3 is 2.82 bits per heavy atom. The topological polar surface area (TPSA) is 85.1 Å². The molecule has 4 aromatic rings. The molecule has 0 aliphatic carbocycles. The molecule has 0 unspecified atom stereocenters. The fourth-order valence-electron chi connectivity index (χ4n) is 2.44. The number of pyridine rings is 1. The van der Waals surface area contributed by atoms with Crippen molar-refractivity contribution in [1.29, 1.82) is 0 Å². The van der Waals surface area contributed by atoms with Crippen LogP contribution in [0, 0.1) is 0 Å². The van der Waals surface area contributed by atoms with E-state index < -0.39 is 0 Å². The van der Waals surface area contributed by atoms with Crippen LogP contribution in [0.4, 0.5) is 5.69 Å². The number of aromatic nitrogens is 5. The summed E-state index contributed by atoms with van der Waals surface area (Å²) in [4.78, 5) is 16.4. The number of nitrogens with one attached hydrogen (secondary N) is 1. The molecule has 0 saturated carbocycles. The smallest absolute Gasteiger partial charge is 0.234 e. The number of rotatable bonds is 5. The predicted octanol–water partition coefficient (Wildman–Crippen LogP) is 4.22. The number of hydrogen-bond acceptors (Lipinski definition) is 6. The number of anilines is 1. The molecule has 0 saturated heterocycles. The van der Waals surface area contributed by atoms with Crippen molar-refractivity contribution in [2.75, 3.05) is 11.1 Å². The standard InChI is InChI=1S/C18H12Cl2N6OS/c19-12-4-1-5-14(17(12)20)22-16(27)10-28-18-24-23-15-7-6-13(25-26(15)18)11-3-2-8-21-9-11/h1-9H,10H2,(H,22,27). The molecule has 0 aliphatic rings. The van der Waals surface area contributed by atoms with Crippen LogP contribution in [0.25, 0.3) is 16.9 Å². The van der Waals surface area contributed by atoms with Gasteiger partial charge in [-0.2, -0.15) is 9.61 Å². The van der Waals surface area contributed by atoms with Crippen molar-refractivity contribution in [3.05, 3.63) is 64.9 Å². The molecule has 0 radical (unpaired) electrons. The van der Waals surface area contributed by atoms with E-state index >= 15 is 0 Å². The zero-order chi connectivity index (χ0) is 19.5. The van der Waals surface area contributed by atoms with Gasteiger partial charge in [0.2, 0.25) is 11.1 Å². The second kappa shape index (κ2) is 8.14. The number of fused-ring (bicyclic) bond motifs is 1. The third kappa shape index (κ3) is 3.94. The molecule has 0 fully saturated rings. The van der Waals surface area contributed by atoms with Crippen molar-refractivity contribution in [2.45, 2.75) is 5.16 Å². The minimum Gasteiger partial charge on any atom is -0.324 e. The van der Waals surface area contributed by atoms with Crippen LogP contribution in [0.3, 0.4) is 0 Å². The van der Waals surface area contributed by atoms with Crippen molar-refractivity contribution in [1.82, 2.24) is 24.8 Å². The third-order valence-electron chi connectivity index (χ3n) is 3.75. The van der Waals surface area contributed by atoms with Crippen LogP contribution >= 0.6 is 35.0 Å². The number of benzene rings is 1. The van der Waals surface area contributed by atoms with Crippen molar-refractivity contribution in [2.24, 2.45) is 0 Å². The lowest BCUT2D eigenvalue weighted by Gasteiger charge is -2.07. The first-order valence-corrected chi connectivity index (χ1v) is 9.85. The molecule has 28 heavy (non-hydrogen) atoms. The number of carbonyl (C=O) groups is 1. The summed E-state index contributed by atoms with van der Waals surface area (Å²) in [5, 5.41) is 16.7. The van der Waals surface area contributed by atoms with Gasteiger partial charge in [0, 0.05) is 18.0 Å². The van der Waals surface area contributed by atoms with E-state index in [1.54, 1.807) is 35.1 Å². The first-order chi connectivity index (χ1) is 13.6. The average molecular weight is 431 g/mol. The Bertz CT molecular complexity index is 1150. The summed E-state index contributed by atoms with van der Waals surface area (Å²) in [5.41, 5.74) is 2.66. The molecule has 0 spiro atoms. The zero-order valence-electron chi connectivity index (χ0n) is 14.2. The number of carbonyl (C=O) groups excluding carboxylic acids is 1. The minimum absolute atomic E-state index is 0.114. The molecule has 1 N–H and O–H groups in total. The van der Waals surface area contributed by atoms with Gasteiger partial charge in [0.05, 0.1) is 27.2 Å². The Morgan fingerprint density at radius 1 is 1.11 bits per heavy atom. The third-order valence-corrected chi connectivity index (χ3v) is 5.49. The van der Waals surface area contributed by atoms with Gasteiger partial charge in [-0.3, -0.25) is 9.78 Å². The molecule has 0 atom stereocenters. The van der Waals surface area contributed by atoms with Crippen LogP contribution in [0.5, 0.6) is 0 Å². The lowest BCUT2D eigenvalue weighted by molar-refractivity contribution is -0.113. The van der Waals surface area contributed by atoms with Crippen LogP contribution in [0.15, 0.2) is 60.0 Å². The molecule has 7 nitrogen and oxygen atoms in total. The van der Waals surface area contributed by atoms with Crippen molar-refractivity contribution >= 4 is 52.2 Å². The van der Waals surface area contributed by atoms with Crippen LogP contribution in [-0.2, 0) is 4.79 Å². The average Bonchev–Trinajstić information content (AvgIpc) is 3.13. The Labute approximate surface area is 174 Å². The molecular weight excluding hydrogens is 419 g/mol. The first-order valence-electron chi connectivity index (χ1n) is 8.11. The molecular formula is C18H12Cl2N6OS. The second-order valence-corrected chi connectivity index (χ2v) is 7.38. The highest BCUT2D eigenvalue weighted by atomic mass is 35.5. The number of halogens is 2. The normalized spacial score (nSPS) is 10.9. The molecule has 3 aromatic heterocycles. The van der Waals surface area contributed by atoms with E-state index in [1.165, 1.54) is 11.8 Å². The molecule has 0 aliphatic heterocycles. The fourth-order valence-corrected chi connectivity index (χ4v) is 3.48. The summed E-state index contributed by atoms with van der Waals surface area (Å²) < 4.78 is 1.60. The highest BCUT2D eigenvalue weighted by Gasteiger charge is 2.13. The van der Waals surface area contributed by atoms with Gasteiger partial charge in [-0.1, -0.05) is 41.0 Å². The lowest BCUT2D eigenvalue weighted by atomic mass is 10.2. The van der Waals surface area contributed by atoms with E-state index in [0.29, 0.717) is 26.5 Å². The van der Waals surface area contributed by atoms with Crippen LogP contribution in [-0.4, -0.2) is 36.5 Å². The SMILES string of the molecule is O=C(CSc1nnc2ccc(-c3cccnc3)nn12)Nc1cccc(Cl)c1Cl. The van der Waals surface area contributed by atoms with E-state index in [4.69, 9.17) is 23.2 Å².